The number of halogens is 6. The lowest BCUT2D eigenvalue weighted by molar-refractivity contribution is -0.388. The molecule has 0 unspecified atom stereocenters. The summed E-state index contributed by atoms with van der Waals surface area (Å²) >= 11 is 0. The maximum absolute atomic E-state index is 12.9. The van der Waals surface area contributed by atoms with Gasteiger partial charge < -0.3 is 15.7 Å². The van der Waals surface area contributed by atoms with Gasteiger partial charge in [0.25, 0.3) is 11.6 Å². The fraction of sp³-hybridized carbons (Fsp3) is 0.385. The summed E-state index contributed by atoms with van der Waals surface area (Å²) in [5.41, 5.74) is -6.21. The van der Waals surface area contributed by atoms with E-state index in [2.05, 4.69) is 0 Å². The van der Waals surface area contributed by atoms with Gasteiger partial charge in [-0.05, 0) is 19.1 Å². The molecule has 0 aliphatic heterocycles. The van der Waals surface area contributed by atoms with Crippen molar-refractivity contribution in [3.63, 3.8) is 0 Å². The number of anilines is 1. The van der Waals surface area contributed by atoms with E-state index < -0.39 is 58.2 Å². The van der Waals surface area contributed by atoms with Crippen LogP contribution in [-0.4, -0.2) is 40.2 Å². The van der Waals surface area contributed by atoms with Gasteiger partial charge in [-0.3, -0.25) is 19.7 Å². The van der Waals surface area contributed by atoms with Crippen LogP contribution in [0.25, 0.3) is 0 Å². The average molecular weight is 403 g/mol. The molecule has 2 amide bonds. The average Bonchev–Trinajstić information content (AvgIpc) is 2.50. The highest BCUT2D eigenvalue weighted by atomic mass is 19.4. The Morgan fingerprint density at radius 2 is 1.70 bits per heavy atom. The molecule has 27 heavy (non-hydrogen) atoms. The number of nitro groups is 1. The number of alkyl halides is 6. The zero-order valence-electron chi connectivity index (χ0n) is 13.2. The van der Waals surface area contributed by atoms with Gasteiger partial charge in [0.1, 0.15) is 5.56 Å². The van der Waals surface area contributed by atoms with Gasteiger partial charge in [0.05, 0.1) is 11.5 Å². The molecule has 0 fully saturated rings. The van der Waals surface area contributed by atoms with E-state index in [9.17, 15) is 51.2 Å². The van der Waals surface area contributed by atoms with Crippen LogP contribution in [0, 0.1) is 10.1 Å². The summed E-state index contributed by atoms with van der Waals surface area (Å²) in [6.07, 6.45) is -10.4. The third-order valence-corrected chi connectivity index (χ3v) is 3.10. The number of nitro benzene ring substituents is 1. The smallest absolute Gasteiger partial charge is 0.378 e. The Bertz CT molecular complexity index is 760. The SMILES string of the molecule is C[C@](O)(CNC(=O)C(F)(F)F)C(=O)Nc1ccc([N+](=O)[O-])c(C(F)(F)F)c1. The van der Waals surface area contributed by atoms with Crippen molar-refractivity contribution < 1.29 is 46.0 Å². The number of rotatable bonds is 5. The van der Waals surface area contributed by atoms with E-state index in [0.29, 0.717) is 13.0 Å². The molecule has 0 aliphatic rings. The van der Waals surface area contributed by atoms with Crippen LogP contribution >= 0.6 is 0 Å². The number of carbonyl (C=O) groups excluding carboxylic acids is 2. The van der Waals surface area contributed by atoms with Crippen LogP contribution in [0.2, 0.25) is 0 Å². The first-order valence-corrected chi connectivity index (χ1v) is 6.80. The molecule has 3 N–H and O–H groups in total. The zero-order valence-corrected chi connectivity index (χ0v) is 13.2. The summed E-state index contributed by atoms with van der Waals surface area (Å²) in [7, 11) is 0. The van der Waals surface area contributed by atoms with Crippen molar-refractivity contribution in [2.75, 3.05) is 11.9 Å². The van der Waals surface area contributed by atoms with Crippen molar-refractivity contribution in [2.45, 2.75) is 24.9 Å². The monoisotopic (exact) mass is 403 g/mol. The van der Waals surface area contributed by atoms with Crippen molar-refractivity contribution in [2.24, 2.45) is 0 Å². The molecule has 0 aromatic heterocycles. The van der Waals surface area contributed by atoms with Crippen molar-refractivity contribution in [3.8, 4) is 0 Å². The third kappa shape index (κ3) is 5.80. The number of carbonyl (C=O) groups is 2. The lowest BCUT2D eigenvalue weighted by Gasteiger charge is -2.23. The number of hydrogen-bond donors (Lipinski definition) is 3. The van der Waals surface area contributed by atoms with E-state index >= 15 is 0 Å². The van der Waals surface area contributed by atoms with Crippen LogP contribution in [-0.2, 0) is 15.8 Å². The quantitative estimate of drug-likeness (QED) is 0.394. The first-order valence-electron chi connectivity index (χ1n) is 6.80. The summed E-state index contributed by atoms with van der Waals surface area (Å²) in [6, 6.07) is 1.41. The predicted octanol–water partition coefficient (Wildman–Crippen LogP) is 1.98. The van der Waals surface area contributed by atoms with Crippen LogP contribution in [0.5, 0.6) is 0 Å². The first kappa shape index (κ1) is 22.1. The molecule has 0 spiro atoms. The van der Waals surface area contributed by atoms with E-state index in [1.54, 1.807) is 5.32 Å². The van der Waals surface area contributed by atoms with Crippen LogP contribution in [0.4, 0.5) is 37.7 Å². The lowest BCUT2D eigenvalue weighted by atomic mass is 10.1. The minimum absolute atomic E-state index is 0.223. The molecule has 150 valence electrons. The molecule has 1 aromatic carbocycles. The number of nitrogens with one attached hydrogen (secondary N) is 2. The molecule has 14 heteroatoms. The van der Waals surface area contributed by atoms with Crippen LogP contribution in [0.1, 0.15) is 12.5 Å². The van der Waals surface area contributed by atoms with Gasteiger partial charge in [-0.2, -0.15) is 26.3 Å². The molecular weight excluding hydrogens is 392 g/mol. The third-order valence-electron chi connectivity index (χ3n) is 3.10. The van der Waals surface area contributed by atoms with Crippen molar-refractivity contribution in [1.82, 2.24) is 5.32 Å². The molecule has 0 bridgehead atoms. The predicted molar refractivity (Wildman–Crippen MR) is 76.4 cm³/mol. The normalized spacial score (nSPS) is 14.2. The highest BCUT2D eigenvalue weighted by Crippen LogP contribution is 2.37. The van der Waals surface area contributed by atoms with Gasteiger partial charge in [-0.1, -0.05) is 0 Å². The van der Waals surface area contributed by atoms with Gasteiger partial charge in [0.15, 0.2) is 5.60 Å². The van der Waals surface area contributed by atoms with E-state index in [4.69, 9.17) is 0 Å². The second-order valence-electron chi connectivity index (χ2n) is 5.40. The van der Waals surface area contributed by atoms with Crippen LogP contribution in [0.3, 0.4) is 0 Å². The molecule has 0 heterocycles. The maximum Gasteiger partial charge on any atom is 0.471 e. The minimum atomic E-state index is -5.27. The number of nitrogens with zero attached hydrogens (tertiary/aromatic N) is 1. The molecule has 1 rings (SSSR count). The van der Waals surface area contributed by atoms with Gasteiger partial charge in [-0.25, -0.2) is 0 Å². The highest BCUT2D eigenvalue weighted by Gasteiger charge is 2.41. The first-order chi connectivity index (χ1) is 12.1. The molecular formula is C13H11F6N3O5. The molecule has 1 atom stereocenters. The maximum atomic E-state index is 12.9. The molecule has 1 aromatic rings. The van der Waals surface area contributed by atoms with Crippen molar-refractivity contribution in [3.05, 3.63) is 33.9 Å². The van der Waals surface area contributed by atoms with Gasteiger partial charge in [0, 0.05) is 11.8 Å². The summed E-state index contributed by atoms with van der Waals surface area (Å²) in [5.74, 6) is -3.89. The van der Waals surface area contributed by atoms with E-state index in [0.717, 1.165) is 6.07 Å². The number of aliphatic hydroxyl groups is 1. The minimum Gasteiger partial charge on any atom is -0.378 e. The Hall–Kier alpha value is -2.90. The molecule has 0 saturated carbocycles. The molecule has 0 aliphatic carbocycles. The number of benzene rings is 1. The van der Waals surface area contributed by atoms with Crippen molar-refractivity contribution in [1.29, 1.82) is 0 Å². The van der Waals surface area contributed by atoms with E-state index in [1.807, 2.05) is 0 Å². The van der Waals surface area contributed by atoms with Gasteiger partial charge in [0.2, 0.25) is 0 Å². The zero-order chi connectivity index (χ0) is 21.2. The summed E-state index contributed by atoms with van der Waals surface area (Å²) < 4.78 is 74.8. The van der Waals surface area contributed by atoms with Gasteiger partial charge in [-0.15, -0.1) is 0 Å². The summed E-state index contributed by atoms with van der Waals surface area (Å²) in [4.78, 5) is 31.9. The van der Waals surface area contributed by atoms with E-state index in [1.165, 1.54) is 5.32 Å². The van der Waals surface area contributed by atoms with Crippen molar-refractivity contribution >= 4 is 23.2 Å². The fourth-order valence-corrected chi connectivity index (χ4v) is 1.70. The standard InChI is InChI=1S/C13H11F6N3O5/c1-11(25,5-20-10(24)13(17,18)19)9(23)21-6-2-3-8(22(26)27)7(4-6)12(14,15)16/h2-4,25H,5H2,1H3,(H,20,24)(H,21,23)/t11-/m0/s1. The van der Waals surface area contributed by atoms with Crippen LogP contribution in [0.15, 0.2) is 18.2 Å². The molecule has 0 saturated heterocycles. The Kier molecular flexibility index (Phi) is 6.05. The Labute approximate surface area is 146 Å². The molecule has 0 radical (unpaired) electrons. The fourth-order valence-electron chi connectivity index (χ4n) is 1.70. The number of amides is 2. The Morgan fingerprint density at radius 1 is 1.15 bits per heavy atom. The largest absolute Gasteiger partial charge is 0.471 e. The number of hydrogen-bond acceptors (Lipinski definition) is 5. The Balaban J connectivity index is 2.98. The Morgan fingerprint density at radius 3 is 2.15 bits per heavy atom. The lowest BCUT2D eigenvalue weighted by Crippen LogP contribution is -2.51. The van der Waals surface area contributed by atoms with Gasteiger partial charge >= 0.3 is 18.3 Å². The van der Waals surface area contributed by atoms with Crippen LogP contribution < -0.4 is 10.6 Å². The highest BCUT2D eigenvalue weighted by molar-refractivity contribution is 5.97. The topological polar surface area (TPSA) is 122 Å². The van der Waals surface area contributed by atoms with E-state index in [-0.39, 0.29) is 6.07 Å². The second kappa shape index (κ2) is 7.38. The molecule has 8 nitrogen and oxygen atoms in total. The summed E-state index contributed by atoms with van der Waals surface area (Å²) in [6.45, 7) is -0.495. The second-order valence-corrected chi connectivity index (χ2v) is 5.40. The summed E-state index contributed by atoms with van der Waals surface area (Å²) in [5, 5.41) is 23.5.